The van der Waals surface area contributed by atoms with E-state index in [2.05, 4.69) is 10.3 Å². The van der Waals surface area contributed by atoms with Crippen molar-refractivity contribution in [1.82, 2.24) is 10.3 Å². The number of amides is 1. The SMILES string of the molecule is Cc1nc(C)c(CNC(=O)/C=C/c2ccccc2Cl)s1. The maximum atomic E-state index is 11.8. The van der Waals surface area contributed by atoms with E-state index in [0.29, 0.717) is 11.6 Å². The highest BCUT2D eigenvalue weighted by molar-refractivity contribution is 7.11. The third-order valence-corrected chi connectivity index (χ3v) is 4.16. The third kappa shape index (κ3) is 3.92. The highest BCUT2D eigenvalue weighted by Gasteiger charge is 2.05. The van der Waals surface area contributed by atoms with Gasteiger partial charge in [-0.1, -0.05) is 29.8 Å². The summed E-state index contributed by atoms with van der Waals surface area (Å²) in [5.74, 6) is -0.143. The van der Waals surface area contributed by atoms with E-state index < -0.39 is 0 Å². The molecule has 1 N–H and O–H groups in total. The average Bonchev–Trinajstić information content (AvgIpc) is 2.74. The van der Waals surface area contributed by atoms with Crippen LogP contribution >= 0.6 is 22.9 Å². The topological polar surface area (TPSA) is 42.0 Å². The number of hydrogen-bond donors (Lipinski definition) is 1. The molecule has 2 rings (SSSR count). The normalized spacial score (nSPS) is 10.9. The molecule has 0 saturated carbocycles. The minimum absolute atomic E-state index is 0.143. The van der Waals surface area contributed by atoms with Crippen LogP contribution in [-0.2, 0) is 11.3 Å². The number of carbonyl (C=O) groups is 1. The zero-order valence-electron chi connectivity index (χ0n) is 11.3. The predicted octanol–water partition coefficient (Wildman–Crippen LogP) is 3.74. The summed E-state index contributed by atoms with van der Waals surface area (Å²) < 4.78 is 0. The molecule has 0 aliphatic heterocycles. The molecular formula is C15H15ClN2OS. The first kappa shape index (κ1) is 14.8. The van der Waals surface area contributed by atoms with Gasteiger partial charge in [0.15, 0.2) is 0 Å². The van der Waals surface area contributed by atoms with Gasteiger partial charge in [0.2, 0.25) is 5.91 Å². The monoisotopic (exact) mass is 306 g/mol. The second-order valence-electron chi connectivity index (χ2n) is 4.31. The van der Waals surface area contributed by atoms with Crippen LogP contribution in [0.15, 0.2) is 30.3 Å². The number of benzene rings is 1. The van der Waals surface area contributed by atoms with Crippen LogP contribution in [0.1, 0.15) is 21.1 Å². The highest BCUT2D eigenvalue weighted by atomic mass is 35.5. The Morgan fingerprint density at radius 2 is 2.15 bits per heavy atom. The summed E-state index contributed by atoms with van der Waals surface area (Å²) in [6, 6.07) is 7.40. The van der Waals surface area contributed by atoms with Crippen LogP contribution in [0, 0.1) is 13.8 Å². The zero-order valence-corrected chi connectivity index (χ0v) is 12.9. The Kier molecular flexibility index (Phi) is 4.93. The third-order valence-electron chi connectivity index (χ3n) is 2.74. The molecule has 0 radical (unpaired) electrons. The van der Waals surface area contributed by atoms with Crippen LogP contribution in [0.5, 0.6) is 0 Å². The fraction of sp³-hybridized carbons (Fsp3) is 0.200. The van der Waals surface area contributed by atoms with Gasteiger partial charge in [-0.2, -0.15) is 0 Å². The number of thiazole rings is 1. The molecule has 3 nitrogen and oxygen atoms in total. The van der Waals surface area contributed by atoms with Crippen molar-refractivity contribution in [2.75, 3.05) is 0 Å². The number of nitrogens with zero attached hydrogens (tertiary/aromatic N) is 1. The average molecular weight is 307 g/mol. The van der Waals surface area contributed by atoms with Crippen molar-refractivity contribution in [3.05, 3.63) is 56.5 Å². The van der Waals surface area contributed by atoms with Gasteiger partial charge >= 0.3 is 0 Å². The molecule has 1 aromatic carbocycles. The summed E-state index contributed by atoms with van der Waals surface area (Å²) in [5.41, 5.74) is 1.80. The van der Waals surface area contributed by atoms with Gasteiger partial charge in [-0.15, -0.1) is 11.3 Å². The first-order valence-electron chi connectivity index (χ1n) is 6.19. The lowest BCUT2D eigenvalue weighted by Gasteiger charge is -2.00. The molecule has 0 aliphatic rings. The van der Waals surface area contributed by atoms with Crippen molar-refractivity contribution in [3.8, 4) is 0 Å². The Hall–Kier alpha value is -1.65. The minimum Gasteiger partial charge on any atom is -0.348 e. The number of aryl methyl sites for hydroxylation is 2. The molecule has 0 spiro atoms. The number of carbonyl (C=O) groups excluding carboxylic acids is 1. The van der Waals surface area contributed by atoms with E-state index in [1.807, 2.05) is 32.0 Å². The number of aromatic nitrogens is 1. The molecular weight excluding hydrogens is 292 g/mol. The van der Waals surface area contributed by atoms with Crippen molar-refractivity contribution in [2.24, 2.45) is 0 Å². The molecule has 0 bridgehead atoms. The van der Waals surface area contributed by atoms with E-state index in [1.165, 1.54) is 6.08 Å². The lowest BCUT2D eigenvalue weighted by Crippen LogP contribution is -2.20. The predicted molar refractivity (Wildman–Crippen MR) is 83.9 cm³/mol. The van der Waals surface area contributed by atoms with E-state index in [4.69, 9.17) is 11.6 Å². The number of hydrogen-bond acceptors (Lipinski definition) is 3. The summed E-state index contributed by atoms with van der Waals surface area (Å²) >= 11 is 7.62. The van der Waals surface area contributed by atoms with E-state index in [1.54, 1.807) is 23.5 Å². The van der Waals surface area contributed by atoms with E-state index in [9.17, 15) is 4.79 Å². The largest absolute Gasteiger partial charge is 0.348 e. The molecule has 2 aromatic rings. The van der Waals surface area contributed by atoms with Gasteiger partial charge in [0.1, 0.15) is 0 Å². The number of rotatable bonds is 4. The van der Waals surface area contributed by atoms with Crippen LogP contribution < -0.4 is 5.32 Å². The van der Waals surface area contributed by atoms with Crippen molar-refractivity contribution in [3.63, 3.8) is 0 Å². The Morgan fingerprint density at radius 1 is 1.40 bits per heavy atom. The fourth-order valence-corrected chi connectivity index (χ4v) is 2.82. The van der Waals surface area contributed by atoms with Crippen LogP contribution in [0.3, 0.4) is 0 Å². The lowest BCUT2D eigenvalue weighted by molar-refractivity contribution is -0.116. The molecule has 1 amide bonds. The zero-order chi connectivity index (χ0) is 14.5. The van der Waals surface area contributed by atoms with Crippen molar-refractivity contribution in [1.29, 1.82) is 0 Å². The summed E-state index contributed by atoms with van der Waals surface area (Å²) in [7, 11) is 0. The van der Waals surface area contributed by atoms with Gasteiger partial charge in [0, 0.05) is 16.0 Å². The first-order valence-corrected chi connectivity index (χ1v) is 7.39. The Balaban J connectivity index is 1.93. The minimum atomic E-state index is -0.143. The summed E-state index contributed by atoms with van der Waals surface area (Å²) in [6.45, 7) is 4.41. The quantitative estimate of drug-likeness (QED) is 0.874. The second kappa shape index (κ2) is 6.68. The molecule has 1 aromatic heterocycles. The first-order chi connectivity index (χ1) is 9.56. The molecule has 104 valence electrons. The molecule has 5 heteroatoms. The molecule has 0 unspecified atom stereocenters. The molecule has 0 aliphatic carbocycles. The van der Waals surface area contributed by atoms with Crippen molar-refractivity contribution in [2.45, 2.75) is 20.4 Å². The van der Waals surface area contributed by atoms with Crippen molar-refractivity contribution >= 4 is 34.9 Å². The van der Waals surface area contributed by atoms with Gasteiger partial charge in [-0.3, -0.25) is 4.79 Å². The van der Waals surface area contributed by atoms with E-state index in [-0.39, 0.29) is 5.91 Å². The van der Waals surface area contributed by atoms with Crippen LogP contribution in [-0.4, -0.2) is 10.9 Å². The lowest BCUT2D eigenvalue weighted by atomic mass is 10.2. The molecule has 0 atom stereocenters. The van der Waals surface area contributed by atoms with Gasteiger partial charge < -0.3 is 5.32 Å². The second-order valence-corrected chi connectivity index (χ2v) is 6.01. The number of halogens is 1. The molecule has 0 fully saturated rings. The summed E-state index contributed by atoms with van der Waals surface area (Å²) in [4.78, 5) is 17.2. The standard InChI is InChI=1S/C15H15ClN2OS/c1-10-14(20-11(2)18-10)9-17-15(19)8-7-12-5-3-4-6-13(12)16/h3-8H,9H2,1-2H3,(H,17,19)/b8-7+. The Labute approximate surface area is 127 Å². The number of nitrogens with one attached hydrogen (secondary N) is 1. The van der Waals surface area contributed by atoms with Crippen molar-refractivity contribution < 1.29 is 4.79 Å². The Bertz CT molecular complexity index is 649. The van der Waals surface area contributed by atoms with Gasteiger partial charge in [0.05, 0.1) is 17.2 Å². The highest BCUT2D eigenvalue weighted by Crippen LogP contribution is 2.17. The maximum absolute atomic E-state index is 11.8. The van der Waals surface area contributed by atoms with Crippen LogP contribution in [0.25, 0.3) is 6.08 Å². The van der Waals surface area contributed by atoms with E-state index in [0.717, 1.165) is 21.1 Å². The molecule has 0 saturated heterocycles. The van der Waals surface area contributed by atoms with E-state index >= 15 is 0 Å². The molecule has 1 heterocycles. The fourth-order valence-electron chi connectivity index (χ4n) is 1.74. The summed E-state index contributed by atoms with van der Waals surface area (Å²) in [5, 5.41) is 4.49. The van der Waals surface area contributed by atoms with Gasteiger partial charge in [-0.05, 0) is 31.6 Å². The van der Waals surface area contributed by atoms with Gasteiger partial charge in [0.25, 0.3) is 0 Å². The van der Waals surface area contributed by atoms with Crippen LogP contribution in [0.2, 0.25) is 5.02 Å². The molecule has 20 heavy (non-hydrogen) atoms. The van der Waals surface area contributed by atoms with Gasteiger partial charge in [-0.25, -0.2) is 4.98 Å². The Morgan fingerprint density at radius 3 is 2.80 bits per heavy atom. The van der Waals surface area contributed by atoms with Crippen LogP contribution in [0.4, 0.5) is 0 Å². The smallest absolute Gasteiger partial charge is 0.244 e. The summed E-state index contributed by atoms with van der Waals surface area (Å²) in [6.07, 6.45) is 3.20. The maximum Gasteiger partial charge on any atom is 0.244 e.